The maximum absolute atomic E-state index is 9.31. The smallest absolute Gasteiger partial charge is 0.199 e. The second-order valence-corrected chi connectivity index (χ2v) is 15.3. The van der Waals surface area contributed by atoms with E-state index < -0.39 is 8.07 Å². The van der Waals surface area contributed by atoms with Crippen LogP contribution in [0.2, 0.25) is 25.7 Å². The van der Waals surface area contributed by atoms with Crippen molar-refractivity contribution in [3.8, 4) is 17.5 Å². The van der Waals surface area contributed by atoms with Crippen molar-refractivity contribution in [2.24, 2.45) is 5.92 Å². The molecule has 8 heteroatoms. The van der Waals surface area contributed by atoms with Crippen molar-refractivity contribution in [2.75, 3.05) is 6.61 Å². The van der Waals surface area contributed by atoms with E-state index in [2.05, 4.69) is 40.7 Å². The highest BCUT2D eigenvalue weighted by Gasteiger charge is 2.30. The zero-order valence-corrected chi connectivity index (χ0v) is 19.7. The van der Waals surface area contributed by atoms with E-state index in [4.69, 9.17) is 9.15 Å². The molecule has 7 nitrogen and oxygen atoms in total. The number of ether oxygens (including phenoxy) is 1. The maximum Gasteiger partial charge on any atom is 0.199 e. The summed E-state index contributed by atoms with van der Waals surface area (Å²) in [5, 5.41) is 10.2. The van der Waals surface area contributed by atoms with Gasteiger partial charge in [0.2, 0.25) is 0 Å². The second-order valence-electron chi connectivity index (χ2n) is 9.67. The first-order chi connectivity index (χ1) is 15.0. The van der Waals surface area contributed by atoms with Crippen LogP contribution in [0.25, 0.3) is 22.5 Å². The molecule has 0 spiro atoms. The quantitative estimate of drug-likeness (QED) is 0.320. The Kier molecular flexibility index (Phi) is 6.53. The minimum atomic E-state index is -1.11. The molecule has 164 valence electrons. The molecule has 1 saturated carbocycles. The molecular weight excluding hydrogens is 406 g/mol. The zero-order chi connectivity index (χ0) is 21.8. The molecule has 0 aromatic carbocycles. The molecule has 3 aromatic heterocycles. The van der Waals surface area contributed by atoms with Gasteiger partial charge in [-0.15, -0.1) is 0 Å². The summed E-state index contributed by atoms with van der Waals surface area (Å²) >= 11 is 0. The molecule has 0 aliphatic heterocycles. The van der Waals surface area contributed by atoms with Gasteiger partial charge in [0.15, 0.2) is 11.7 Å². The lowest BCUT2D eigenvalue weighted by Gasteiger charge is -2.17. The monoisotopic (exact) mass is 437 g/mol. The summed E-state index contributed by atoms with van der Waals surface area (Å²) in [7, 11) is -1.11. The SMILES string of the molecule is C[Si](C)(C)CCOCn1ccc2c(-c3cnc([C@H](CC#N)C4CCCC4)o3)ncnc21. The lowest BCUT2D eigenvalue weighted by atomic mass is 9.88. The molecule has 0 N–H and O–H groups in total. The van der Waals surface area contributed by atoms with Gasteiger partial charge in [-0.1, -0.05) is 32.5 Å². The number of hydrogen-bond donors (Lipinski definition) is 0. The van der Waals surface area contributed by atoms with Crippen molar-refractivity contribution in [1.82, 2.24) is 19.5 Å². The van der Waals surface area contributed by atoms with Crippen LogP contribution < -0.4 is 0 Å². The van der Waals surface area contributed by atoms with Crippen LogP contribution in [-0.4, -0.2) is 34.2 Å². The summed E-state index contributed by atoms with van der Waals surface area (Å²) in [5.41, 5.74) is 1.55. The third-order valence-electron chi connectivity index (χ3n) is 6.14. The third kappa shape index (κ3) is 5.05. The number of fused-ring (bicyclic) bond motifs is 1. The summed E-state index contributed by atoms with van der Waals surface area (Å²) in [5.74, 6) is 1.82. The number of hydrogen-bond acceptors (Lipinski definition) is 6. The van der Waals surface area contributed by atoms with Crippen molar-refractivity contribution in [3.63, 3.8) is 0 Å². The van der Waals surface area contributed by atoms with Gasteiger partial charge in [0.1, 0.15) is 24.4 Å². The molecule has 0 radical (unpaired) electrons. The Labute approximate surface area is 184 Å². The molecule has 1 fully saturated rings. The summed E-state index contributed by atoms with van der Waals surface area (Å²) in [6.07, 6.45) is 10.4. The second kappa shape index (κ2) is 9.33. The largest absolute Gasteiger partial charge is 0.439 e. The standard InChI is InChI=1S/C23H31N5O2Si/c1-31(2,3)13-12-29-16-28-11-9-19-21(26-15-27-22(19)28)20-14-25-23(30-20)18(8-10-24)17-6-4-5-7-17/h9,11,14-15,17-18H,4-8,12-13,16H2,1-3H3/t18-/m1/s1. The number of oxazole rings is 1. The summed E-state index contributed by atoms with van der Waals surface area (Å²) in [4.78, 5) is 13.5. The molecule has 3 heterocycles. The fraction of sp³-hybridized carbons (Fsp3) is 0.565. The normalized spacial score (nSPS) is 16.1. The lowest BCUT2D eigenvalue weighted by Crippen LogP contribution is -2.22. The molecule has 0 bridgehead atoms. The van der Waals surface area contributed by atoms with E-state index in [0.29, 0.717) is 30.7 Å². The van der Waals surface area contributed by atoms with E-state index in [9.17, 15) is 5.26 Å². The van der Waals surface area contributed by atoms with Crippen molar-refractivity contribution in [3.05, 3.63) is 30.7 Å². The molecule has 31 heavy (non-hydrogen) atoms. The van der Waals surface area contributed by atoms with E-state index in [1.54, 1.807) is 12.5 Å². The molecule has 3 aromatic rings. The van der Waals surface area contributed by atoms with Crippen LogP contribution in [0.1, 0.15) is 43.9 Å². The molecular formula is C23H31N5O2Si. The van der Waals surface area contributed by atoms with E-state index in [0.717, 1.165) is 42.2 Å². The van der Waals surface area contributed by atoms with Gasteiger partial charge in [0, 0.05) is 32.7 Å². The van der Waals surface area contributed by atoms with E-state index in [1.807, 2.05) is 16.8 Å². The summed E-state index contributed by atoms with van der Waals surface area (Å²) < 4.78 is 14.1. The van der Waals surface area contributed by atoms with Crippen molar-refractivity contribution < 1.29 is 9.15 Å². The fourth-order valence-corrected chi connectivity index (χ4v) is 5.08. The maximum atomic E-state index is 9.31. The average molecular weight is 438 g/mol. The van der Waals surface area contributed by atoms with Gasteiger partial charge in [-0.3, -0.25) is 0 Å². The van der Waals surface area contributed by atoms with Gasteiger partial charge >= 0.3 is 0 Å². The minimum absolute atomic E-state index is 0.0583. The van der Waals surface area contributed by atoms with Crippen LogP contribution in [0.3, 0.4) is 0 Å². The predicted octanol–water partition coefficient (Wildman–Crippen LogP) is 5.59. The Balaban J connectivity index is 1.54. The minimum Gasteiger partial charge on any atom is -0.439 e. The van der Waals surface area contributed by atoms with Crippen LogP contribution >= 0.6 is 0 Å². The van der Waals surface area contributed by atoms with Gasteiger partial charge < -0.3 is 13.7 Å². The highest BCUT2D eigenvalue weighted by molar-refractivity contribution is 6.76. The number of aromatic nitrogens is 4. The van der Waals surface area contributed by atoms with Gasteiger partial charge in [0.05, 0.1) is 18.2 Å². The van der Waals surface area contributed by atoms with E-state index in [1.165, 1.54) is 12.8 Å². The van der Waals surface area contributed by atoms with Crippen LogP contribution in [0.15, 0.2) is 29.2 Å². The van der Waals surface area contributed by atoms with Crippen molar-refractivity contribution in [1.29, 1.82) is 5.26 Å². The van der Waals surface area contributed by atoms with E-state index >= 15 is 0 Å². The zero-order valence-electron chi connectivity index (χ0n) is 18.7. The molecule has 1 aliphatic carbocycles. The highest BCUT2D eigenvalue weighted by atomic mass is 28.3. The summed E-state index contributed by atoms with van der Waals surface area (Å²) in [6, 6.07) is 5.45. The van der Waals surface area contributed by atoms with Gasteiger partial charge in [-0.25, -0.2) is 15.0 Å². The number of nitrogens with zero attached hydrogens (tertiary/aromatic N) is 5. The molecule has 0 amide bonds. The highest BCUT2D eigenvalue weighted by Crippen LogP contribution is 2.40. The van der Waals surface area contributed by atoms with Gasteiger partial charge in [-0.2, -0.15) is 5.26 Å². The third-order valence-corrected chi connectivity index (χ3v) is 7.84. The van der Waals surface area contributed by atoms with Gasteiger partial charge in [-0.05, 0) is 30.9 Å². The first-order valence-corrected chi connectivity index (χ1v) is 14.9. The summed E-state index contributed by atoms with van der Waals surface area (Å²) in [6.45, 7) is 8.28. The average Bonchev–Trinajstić information content (AvgIpc) is 3.50. The molecule has 1 aliphatic rings. The predicted molar refractivity (Wildman–Crippen MR) is 122 cm³/mol. The first-order valence-electron chi connectivity index (χ1n) is 11.2. The lowest BCUT2D eigenvalue weighted by molar-refractivity contribution is 0.0899. The van der Waals surface area contributed by atoms with Gasteiger partial charge in [0.25, 0.3) is 0 Å². The fourth-order valence-electron chi connectivity index (χ4n) is 4.33. The molecule has 1 atom stereocenters. The number of nitriles is 1. The van der Waals surface area contributed by atoms with Crippen LogP contribution in [0, 0.1) is 17.2 Å². The van der Waals surface area contributed by atoms with Crippen LogP contribution in [-0.2, 0) is 11.5 Å². The Morgan fingerprint density at radius 3 is 2.81 bits per heavy atom. The Morgan fingerprint density at radius 2 is 2.06 bits per heavy atom. The van der Waals surface area contributed by atoms with E-state index in [-0.39, 0.29) is 5.92 Å². The Hall–Kier alpha value is -2.50. The molecule has 0 saturated heterocycles. The van der Waals surface area contributed by atoms with Crippen molar-refractivity contribution in [2.45, 2.75) is 70.4 Å². The van der Waals surface area contributed by atoms with Crippen molar-refractivity contribution >= 4 is 19.1 Å². The first kappa shape index (κ1) is 21.7. The number of rotatable bonds is 9. The topological polar surface area (TPSA) is 89.8 Å². The molecule has 0 unspecified atom stereocenters. The Morgan fingerprint density at radius 1 is 1.26 bits per heavy atom. The van der Waals surface area contributed by atoms with Crippen LogP contribution in [0.4, 0.5) is 0 Å². The molecule has 4 rings (SSSR count). The van der Waals surface area contributed by atoms with Crippen LogP contribution in [0.5, 0.6) is 0 Å². The Bertz CT molecular complexity index is 1060.